The Hall–Kier alpha value is -5.31. The number of nitrogens with one attached hydrogen (secondary N) is 1. The fourth-order valence-electron chi connectivity index (χ4n) is 6.78. The Morgan fingerprint density at radius 1 is 0.826 bits per heavy atom. The second kappa shape index (κ2) is 11.9. The molecule has 2 fully saturated rings. The summed E-state index contributed by atoms with van der Waals surface area (Å²) < 4.78 is 22.4. The van der Waals surface area contributed by atoms with Crippen LogP contribution >= 0.6 is 0 Å². The molecule has 1 N–H and O–H groups in total. The van der Waals surface area contributed by atoms with Crippen molar-refractivity contribution in [2.75, 3.05) is 14.2 Å². The molecule has 2 aliphatic heterocycles. The van der Waals surface area contributed by atoms with E-state index in [1.807, 2.05) is 84.9 Å². The number of amides is 3. The van der Waals surface area contributed by atoms with Crippen molar-refractivity contribution in [3.63, 3.8) is 0 Å². The van der Waals surface area contributed by atoms with E-state index in [9.17, 15) is 14.4 Å². The number of imide groups is 1. The molecule has 7 rings (SSSR count). The van der Waals surface area contributed by atoms with Gasteiger partial charge in [-0.1, -0.05) is 60.7 Å². The standard InChI is InChI=1S/C37H34N2O7/c1-43-25-15-11-23(12-16-25)21-39-35(41)37(38-36(39)42,31-19-29(31)34(40)45-22-24-13-17-26(44-2)18-14-24)20-30-27-7-3-5-9-32(27)46-33-10-6-4-8-28(30)33/h3-18,29-31H,19-22H2,1-2H3,(H,38,42)/t29-,31?,37+/m0/s1. The zero-order valence-corrected chi connectivity index (χ0v) is 25.6. The summed E-state index contributed by atoms with van der Waals surface area (Å²) in [6.07, 6.45) is 0.692. The number of carbonyl (C=O) groups excluding carboxylic acids is 3. The first-order valence-corrected chi connectivity index (χ1v) is 15.3. The number of hydrogen-bond donors (Lipinski definition) is 1. The highest BCUT2D eigenvalue weighted by atomic mass is 16.5. The van der Waals surface area contributed by atoms with Gasteiger partial charge in [-0.3, -0.25) is 14.5 Å². The number of nitrogens with zero attached hydrogens (tertiary/aromatic N) is 1. The molecule has 3 atom stereocenters. The van der Waals surface area contributed by atoms with Crippen molar-refractivity contribution >= 4 is 17.9 Å². The minimum absolute atomic E-state index is 0.0939. The molecule has 2 heterocycles. The van der Waals surface area contributed by atoms with Crippen molar-refractivity contribution in [3.8, 4) is 23.0 Å². The lowest BCUT2D eigenvalue weighted by atomic mass is 9.75. The Kier molecular flexibility index (Phi) is 7.60. The van der Waals surface area contributed by atoms with Crippen molar-refractivity contribution in [1.29, 1.82) is 0 Å². The molecule has 3 aliphatic rings. The molecule has 1 saturated carbocycles. The molecule has 0 aromatic heterocycles. The van der Waals surface area contributed by atoms with Crippen LogP contribution in [0.2, 0.25) is 0 Å². The fraction of sp³-hybridized carbons (Fsp3) is 0.270. The molecule has 234 valence electrons. The molecule has 4 aromatic rings. The molecule has 3 amide bonds. The van der Waals surface area contributed by atoms with Gasteiger partial charge in [0.05, 0.1) is 26.7 Å². The Bertz CT molecular complexity index is 1740. The SMILES string of the molecule is COc1ccc(COC(=O)[C@H]2CC2[C@@]2(CC3c4ccccc4Oc4ccccc43)NC(=O)N(Cc3ccc(OC)cc3)C2=O)cc1. The fourth-order valence-corrected chi connectivity index (χ4v) is 6.78. The highest BCUT2D eigenvalue weighted by Crippen LogP contribution is 2.56. The molecule has 9 heteroatoms. The maximum absolute atomic E-state index is 14.6. The van der Waals surface area contributed by atoms with Gasteiger partial charge in [0.15, 0.2) is 0 Å². The minimum Gasteiger partial charge on any atom is -0.497 e. The number of methoxy groups -OCH3 is 2. The van der Waals surface area contributed by atoms with Gasteiger partial charge in [0.2, 0.25) is 0 Å². The van der Waals surface area contributed by atoms with Crippen LogP contribution in [0.25, 0.3) is 0 Å². The molecule has 4 aromatic carbocycles. The lowest BCUT2D eigenvalue weighted by Crippen LogP contribution is -2.51. The lowest BCUT2D eigenvalue weighted by Gasteiger charge is -2.35. The van der Waals surface area contributed by atoms with Crippen molar-refractivity contribution < 1.29 is 33.3 Å². The number of ether oxygens (including phenoxy) is 4. The predicted octanol–water partition coefficient (Wildman–Crippen LogP) is 6.20. The van der Waals surface area contributed by atoms with E-state index in [4.69, 9.17) is 18.9 Å². The van der Waals surface area contributed by atoms with Crippen LogP contribution in [-0.2, 0) is 27.5 Å². The van der Waals surface area contributed by atoms with Gasteiger partial charge in [-0.2, -0.15) is 0 Å². The molecule has 46 heavy (non-hydrogen) atoms. The Labute approximate surface area is 267 Å². The van der Waals surface area contributed by atoms with Gasteiger partial charge in [0.25, 0.3) is 5.91 Å². The van der Waals surface area contributed by atoms with E-state index in [0.29, 0.717) is 29.4 Å². The van der Waals surface area contributed by atoms with Crippen molar-refractivity contribution in [2.24, 2.45) is 11.8 Å². The molecule has 9 nitrogen and oxygen atoms in total. The van der Waals surface area contributed by atoms with Crippen LogP contribution in [0.4, 0.5) is 4.79 Å². The predicted molar refractivity (Wildman–Crippen MR) is 169 cm³/mol. The maximum Gasteiger partial charge on any atom is 0.325 e. The number of urea groups is 1. The molecule has 0 radical (unpaired) electrons. The first-order valence-electron chi connectivity index (χ1n) is 15.3. The molecule has 0 bridgehead atoms. The minimum atomic E-state index is -1.32. The molecule has 1 unspecified atom stereocenters. The van der Waals surface area contributed by atoms with Crippen LogP contribution in [0, 0.1) is 11.8 Å². The first-order chi connectivity index (χ1) is 22.4. The van der Waals surface area contributed by atoms with Gasteiger partial charge in [-0.05, 0) is 60.4 Å². The van der Waals surface area contributed by atoms with Crippen molar-refractivity contribution in [1.82, 2.24) is 10.2 Å². The monoisotopic (exact) mass is 618 g/mol. The Balaban J connectivity index is 1.19. The number of para-hydroxylation sites is 2. The summed E-state index contributed by atoms with van der Waals surface area (Å²) in [5, 5.41) is 3.10. The second-order valence-corrected chi connectivity index (χ2v) is 12.0. The van der Waals surface area contributed by atoms with Gasteiger partial charge in [0, 0.05) is 23.0 Å². The summed E-state index contributed by atoms with van der Waals surface area (Å²) in [5.41, 5.74) is 2.14. The number of rotatable bonds is 10. The van der Waals surface area contributed by atoms with E-state index in [1.165, 1.54) is 4.90 Å². The van der Waals surface area contributed by atoms with E-state index >= 15 is 0 Å². The smallest absolute Gasteiger partial charge is 0.325 e. The highest BCUT2D eigenvalue weighted by Gasteiger charge is 2.66. The van der Waals surface area contributed by atoms with Gasteiger partial charge in [-0.15, -0.1) is 0 Å². The number of benzene rings is 4. The molecular formula is C37H34N2O7. The normalized spacial score (nSPS) is 21.5. The second-order valence-electron chi connectivity index (χ2n) is 12.0. The average Bonchev–Trinajstić information content (AvgIpc) is 3.87. The third-order valence-electron chi connectivity index (χ3n) is 9.30. The van der Waals surface area contributed by atoms with Gasteiger partial charge < -0.3 is 24.3 Å². The lowest BCUT2D eigenvalue weighted by molar-refractivity contribution is -0.147. The Morgan fingerprint density at radius 3 is 1.98 bits per heavy atom. The number of fused-ring (bicyclic) bond motifs is 2. The zero-order chi connectivity index (χ0) is 31.8. The zero-order valence-electron chi connectivity index (χ0n) is 25.6. The average molecular weight is 619 g/mol. The summed E-state index contributed by atoms with van der Waals surface area (Å²) >= 11 is 0. The van der Waals surface area contributed by atoms with Crippen molar-refractivity contribution in [3.05, 3.63) is 119 Å². The van der Waals surface area contributed by atoms with Crippen LogP contribution < -0.4 is 19.5 Å². The number of carbonyl (C=O) groups is 3. The summed E-state index contributed by atoms with van der Waals surface area (Å²) in [7, 11) is 3.18. The third kappa shape index (κ3) is 5.31. The summed E-state index contributed by atoms with van der Waals surface area (Å²) in [6, 6.07) is 29.6. The molecule has 1 saturated heterocycles. The number of hydrogen-bond acceptors (Lipinski definition) is 7. The third-order valence-corrected chi connectivity index (χ3v) is 9.30. The van der Waals surface area contributed by atoms with Crippen molar-refractivity contribution in [2.45, 2.75) is 37.5 Å². The maximum atomic E-state index is 14.6. The van der Waals surface area contributed by atoms with Gasteiger partial charge in [-0.25, -0.2) is 4.79 Å². The first kappa shape index (κ1) is 29.4. The largest absolute Gasteiger partial charge is 0.497 e. The summed E-state index contributed by atoms with van der Waals surface area (Å²) in [5.74, 6) is 0.853. The number of esters is 1. The van der Waals surface area contributed by atoms with E-state index in [2.05, 4.69) is 5.32 Å². The van der Waals surface area contributed by atoms with E-state index < -0.39 is 23.4 Å². The van der Waals surface area contributed by atoms with E-state index in [0.717, 1.165) is 22.3 Å². The topological polar surface area (TPSA) is 103 Å². The van der Waals surface area contributed by atoms with E-state index in [1.54, 1.807) is 26.4 Å². The molecule has 1 aliphatic carbocycles. The highest BCUT2D eigenvalue weighted by molar-refractivity contribution is 6.08. The van der Waals surface area contributed by atoms with Gasteiger partial charge in [0.1, 0.15) is 35.1 Å². The summed E-state index contributed by atoms with van der Waals surface area (Å²) in [4.78, 5) is 42.9. The van der Waals surface area contributed by atoms with Crippen LogP contribution in [0.1, 0.15) is 41.0 Å². The van der Waals surface area contributed by atoms with Crippen LogP contribution in [-0.4, -0.2) is 42.6 Å². The Morgan fingerprint density at radius 2 is 1.39 bits per heavy atom. The quantitative estimate of drug-likeness (QED) is 0.167. The van der Waals surface area contributed by atoms with Crippen LogP contribution in [0.3, 0.4) is 0 Å². The van der Waals surface area contributed by atoms with E-state index in [-0.39, 0.29) is 37.4 Å². The van der Waals surface area contributed by atoms with Crippen LogP contribution in [0.15, 0.2) is 97.1 Å². The van der Waals surface area contributed by atoms with Crippen LogP contribution in [0.5, 0.6) is 23.0 Å². The van der Waals surface area contributed by atoms with Gasteiger partial charge >= 0.3 is 12.0 Å². The molecular weight excluding hydrogens is 584 g/mol. The summed E-state index contributed by atoms with van der Waals surface area (Å²) in [6.45, 7) is 0.195. The molecule has 0 spiro atoms.